The van der Waals surface area contributed by atoms with Gasteiger partial charge in [-0.3, -0.25) is 9.69 Å². The molecular formula is C21H25N7O2. The van der Waals surface area contributed by atoms with Crippen LogP contribution >= 0.6 is 0 Å². The van der Waals surface area contributed by atoms with Crippen LogP contribution < -0.4 is 10.1 Å². The van der Waals surface area contributed by atoms with Gasteiger partial charge < -0.3 is 15.0 Å². The Bertz CT molecular complexity index is 981. The van der Waals surface area contributed by atoms with Crippen molar-refractivity contribution in [2.45, 2.75) is 0 Å². The largest absolute Gasteiger partial charge is 0.497 e. The van der Waals surface area contributed by atoms with Gasteiger partial charge in [0.15, 0.2) is 11.6 Å². The van der Waals surface area contributed by atoms with E-state index in [1.165, 1.54) is 0 Å². The molecule has 0 unspecified atom stereocenters. The molecule has 3 heterocycles. The van der Waals surface area contributed by atoms with Crippen LogP contribution in [0.4, 0.5) is 5.82 Å². The summed E-state index contributed by atoms with van der Waals surface area (Å²) in [7, 11) is 3.72. The van der Waals surface area contributed by atoms with E-state index < -0.39 is 0 Å². The van der Waals surface area contributed by atoms with Gasteiger partial charge in [-0.15, -0.1) is 0 Å². The second-order valence-electron chi connectivity index (χ2n) is 7.24. The third-order valence-corrected chi connectivity index (χ3v) is 5.03. The van der Waals surface area contributed by atoms with E-state index in [4.69, 9.17) is 4.74 Å². The third-order valence-electron chi connectivity index (χ3n) is 5.03. The summed E-state index contributed by atoms with van der Waals surface area (Å²) in [5, 5.41) is 7.17. The first-order chi connectivity index (χ1) is 14.6. The number of benzene rings is 1. The first-order valence-corrected chi connectivity index (χ1v) is 9.85. The number of anilines is 1. The molecule has 1 aromatic carbocycles. The first-order valence-electron chi connectivity index (χ1n) is 9.85. The first kappa shape index (κ1) is 20.0. The van der Waals surface area contributed by atoms with Crippen LogP contribution in [-0.4, -0.2) is 82.3 Å². The molecule has 0 bridgehead atoms. The number of hydrogen-bond acceptors (Lipinski definition) is 7. The SMILES string of the molecule is COc1ccc(-c2nc(NC(=O)CN3CCN(C)CC3)cc(-n3cccn3)n2)cc1. The number of methoxy groups -OCH3 is 1. The molecule has 1 aliphatic heterocycles. The molecular weight excluding hydrogens is 382 g/mol. The van der Waals surface area contributed by atoms with Gasteiger partial charge >= 0.3 is 0 Å². The van der Waals surface area contributed by atoms with Crippen molar-refractivity contribution in [1.29, 1.82) is 0 Å². The summed E-state index contributed by atoms with van der Waals surface area (Å²) in [4.78, 5) is 26.2. The molecule has 0 radical (unpaired) electrons. The number of carbonyl (C=O) groups is 1. The molecule has 0 spiro atoms. The summed E-state index contributed by atoms with van der Waals surface area (Å²) in [6, 6.07) is 11.0. The molecule has 2 aromatic heterocycles. The van der Waals surface area contributed by atoms with Crippen LogP contribution in [0.3, 0.4) is 0 Å². The summed E-state index contributed by atoms with van der Waals surface area (Å²) < 4.78 is 6.87. The van der Waals surface area contributed by atoms with E-state index in [2.05, 4.69) is 37.2 Å². The molecule has 3 aromatic rings. The molecule has 0 saturated carbocycles. The van der Waals surface area contributed by atoms with Gasteiger partial charge in [-0.05, 0) is 37.4 Å². The maximum absolute atomic E-state index is 12.6. The van der Waals surface area contributed by atoms with Crippen LogP contribution in [0.2, 0.25) is 0 Å². The van der Waals surface area contributed by atoms with Crippen molar-refractivity contribution in [1.82, 2.24) is 29.5 Å². The minimum atomic E-state index is -0.0923. The predicted molar refractivity (Wildman–Crippen MR) is 114 cm³/mol. The quantitative estimate of drug-likeness (QED) is 0.663. The highest BCUT2D eigenvalue weighted by molar-refractivity contribution is 5.91. The second-order valence-corrected chi connectivity index (χ2v) is 7.24. The standard InChI is InChI=1S/C21H25N7O2/c1-26-10-12-27(13-11-26)15-20(29)23-18-14-19(28-9-3-8-22-28)25-21(24-18)16-4-6-17(30-2)7-5-16/h3-9,14H,10-13,15H2,1-2H3,(H,23,24,25,29). The molecule has 1 saturated heterocycles. The van der Waals surface area contributed by atoms with E-state index in [-0.39, 0.29) is 5.91 Å². The molecule has 1 N–H and O–H groups in total. The van der Waals surface area contributed by atoms with Crippen molar-refractivity contribution in [3.05, 3.63) is 48.8 Å². The number of ether oxygens (including phenoxy) is 1. The van der Waals surface area contributed by atoms with E-state index in [9.17, 15) is 4.79 Å². The van der Waals surface area contributed by atoms with Gasteiger partial charge in [0.05, 0.1) is 13.7 Å². The number of amides is 1. The van der Waals surface area contributed by atoms with Crippen LogP contribution in [0, 0.1) is 0 Å². The maximum Gasteiger partial charge on any atom is 0.239 e. The Kier molecular flexibility index (Phi) is 6.01. The molecule has 9 heteroatoms. The van der Waals surface area contributed by atoms with Crippen molar-refractivity contribution in [2.24, 2.45) is 0 Å². The van der Waals surface area contributed by atoms with E-state index >= 15 is 0 Å². The van der Waals surface area contributed by atoms with E-state index in [0.717, 1.165) is 37.5 Å². The molecule has 30 heavy (non-hydrogen) atoms. The van der Waals surface area contributed by atoms with Crippen molar-refractivity contribution in [2.75, 3.05) is 52.2 Å². The average Bonchev–Trinajstić information content (AvgIpc) is 3.30. The van der Waals surface area contributed by atoms with Gasteiger partial charge in [-0.2, -0.15) is 5.10 Å². The molecule has 1 amide bonds. The molecule has 9 nitrogen and oxygen atoms in total. The van der Waals surface area contributed by atoms with Crippen LogP contribution in [0.1, 0.15) is 0 Å². The topological polar surface area (TPSA) is 88.4 Å². The number of nitrogens with zero attached hydrogens (tertiary/aromatic N) is 6. The number of hydrogen-bond donors (Lipinski definition) is 1. The van der Waals surface area contributed by atoms with E-state index in [1.807, 2.05) is 30.3 Å². The molecule has 1 fully saturated rings. The van der Waals surface area contributed by atoms with Crippen LogP contribution in [0.25, 0.3) is 17.2 Å². The Balaban J connectivity index is 1.56. The van der Waals surface area contributed by atoms with Crippen molar-refractivity contribution in [3.8, 4) is 23.0 Å². The predicted octanol–water partition coefficient (Wildman–Crippen LogP) is 1.52. The maximum atomic E-state index is 12.6. The lowest BCUT2D eigenvalue weighted by molar-refractivity contribution is -0.117. The van der Waals surface area contributed by atoms with Crippen LogP contribution in [0.5, 0.6) is 5.75 Å². The number of likely N-dealkylation sites (N-methyl/N-ethyl adjacent to an activating group) is 1. The van der Waals surface area contributed by atoms with Crippen molar-refractivity contribution < 1.29 is 9.53 Å². The van der Waals surface area contributed by atoms with Crippen molar-refractivity contribution in [3.63, 3.8) is 0 Å². The molecule has 4 rings (SSSR count). The van der Waals surface area contributed by atoms with Gasteiger partial charge in [-0.1, -0.05) is 0 Å². The highest BCUT2D eigenvalue weighted by Gasteiger charge is 2.17. The Hall–Kier alpha value is -3.30. The number of rotatable bonds is 6. The monoisotopic (exact) mass is 407 g/mol. The zero-order chi connectivity index (χ0) is 20.9. The Morgan fingerprint density at radius 2 is 1.90 bits per heavy atom. The van der Waals surface area contributed by atoms with Gasteiger partial charge in [0, 0.05) is 50.2 Å². The van der Waals surface area contributed by atoms with Crippen molar-refractivity contribution >= 4 is 11.7 Å². The molecule has 156 valence electrons. The highest BCUT2D eigenvalue weighted by atomic mass is 16.5. The molecule has 0 atom stereocenters. The zero-order valence-electron chi connectivity index (χ0n) is 17.2. The van der Waals surface area contributed by atoms with E-state index in [0.29, 0.717) is 24.0 Å². The third kappa shape index (κ3) is 4.81. The van der Waals surface area contributed by atoms with Crippen LogP contribution in [-0.2, 0) is 4.79 Å². The molecule has 1 aliphatic rings. The van der Waals surface area contributed by atoms with Gasteiger partial charge in [0.25, 0.3) is 0 Å². The molecule has 0 aliphatic carbocycles. The van der Waals surface area contributed by atoms with Gasteiger partial charge in [0.2, 0.25) is 5.91 Å². The normalized spacial score (nSPS) is 15.1. The summed E-state index contributed by atoms with van der Waals surface area (Å²) >= 11 is 0. The number of nitrogens with one attached hydrogen (secondary N) is 1. The Morgan fingerprint density at radius 1 is 1.13 bits per heavy atom. The van der Waals surface area contributed by atoms with Gasteiger partial charge in [0.1, 0.15) is 11.6 Å². The van der Waals surface area contributed by atoms with Crippen LogP contribution in [0.15, 0.2) is 48.8 Å². The second kappa shape index (κ2) is 9.02. The fourth-order valence-electron chi connectivity index (χ4n) is 3.28. The number of carbonyl (C=O) groups excluding carboxylic acids is 1. The summed E-state index contributed by atoms with van der Waals surface area (Å²) in [5.74, 6) is 2.18. The lowest BCUT2D eigenvalue weighted by Gasteiger charge is -2.31. The Morgan fingerprint density at radius 3 is 2.57 bits per heavy atom. The fraction of sp³-hybridized carbons (Fsp3) is 0.333. The summed E-state index contributed by atoms with van der Waals surface area (Å²) in [6.45, 7) is 4.02. The fourth-order valence-corrected chi connectivity index (χ4v) is 3.28. The lowest BCUT2D eigenvalue weighted by atomic mass is 10.2. The zero-order valence-corrected chi connectivity index (χ0v) is 17.2. The average molecular weight is 407 g/mol. The minimum Gasteiger partial charge on any atom is -0.497 e. The smallest absolute Gasteiger partial charge is 0.239 e. The number of piperazine rings is 1. The highest BCUT2D eigenvalue weighted by Crippen LogP contribution is 2.22. The lowest BCUT2D eigenvalue weighted by Crippen LogP contribution is -2.47. The minimum absolute atomic E-state index is 0.0923. The Labute approximate surface area is 175 Å². The summed E-state index contributed by atoms with van der Waals surface area (Å²) in [6.07, 6.45) is 3.48. The number of aromatic nitrogens is 4. The summed E-state index contributed by atoms with van der Waals surface area (Å²) in [5.41, 5.74) is 0.819. The van der Waals surface area contributed by atoms with Gasteiger partial charge in [-0.25, -0.2) is 14.6 Å². The van der Waals surface area contributed by atoms with E-state index in [1.54, 1.807) is 30.3 Å².